The zero-order valence-corrected chi connectivity index (χ0v) is 13.6. The van der Waals surface area contributed by atoms with Crippen molar-refractivity contribution < 1.29 is 14.3 Å². The normalized spacial score (nSPS) is 15.5. The van der Waals surface area contributed by atoms with Crippen molar-refractivity contribution >= 4 is 22.6 Å². The number of nitrogens with one attached hydrogen (secondary N) is 1. The number of benzene rings is 1. The van der Waals surface area contributed by atoms with Crippen molar-refractivity contribution in [2.24, 2.45) is 5.73 Å². The smallest absolute Gasteiger partial charge is 0.341 e. The molecule has 1 unspecified atom stereocenters. The van der Waals surface area contributed by atoms with Crippen LogP contribution in [0.5, 0.6) is 0 Å². The van der Waals surface area contributed by atoms with E-state index in [-0.39, 0.29) is 34.3 Å². The number of pyridine rings is 1. The van der Waals surface area contributed by atoms with Crippen molar-refractivity contribution in [3.63, 3.8) is 0 Å². The van der Waals surface area contributed by atoms with Gasteiger partial charge in [-0.3, -0.25) is 4.79 Å². The summed E-state index contributed by atoms with van der Waals surface area (Å²) in [6.07, 6.45) is 3.20. The van der Waals surface area contributed by atoms with Gasteiger partial charge in [0.05, 0.1) is 16.6 Å². The second kappa shape index (κ2) is 5.90. The Kier molecular flexibility index (Phi) is 4.04. The predicted octanol–water partition coefficient (Wildman–Crippen LogP) is 2.24. The number of carboxylic acids is 1. The number of aryl methyl sites for hydroxylation is 1. The molecular weight excluding hydrogens is 313 g/mol. The lowest BCUT2D eigenvalue weighted by atomic mass is 10.0. The Bertz CT molecular complexity index is 885. The summed E-state index contributed by atoms with van der Waals surface area (Å²) in [5.41, 5.74) is 5.71. The van der Waals surface area contributed by atoms with Gasteiger partial charge in [0.25, 0.3) is 0 Å². The molecule has 0 bridgehead atoms. The molecule has 0 radical (unpaired) electrons. The molecule has 7 heteroatoms. The number of carbonyl (C=O) groups is 1. The average Bonchev–Trinajstić information content (AvgIpc) is 3.33. The van der Waals surface area contributed by atoms with Gasteiger partial charge in [-0.1, -0.05) is 0 Å². The number of aromatic carboxylic acids is 1. The molecule has 0 amide bonds. The van der Waals surface area contributed by atoms with E-state index in [1.807, 2.05) is 0 Å². The zero-order chi connectivity index (χ0) is 17.6. The molecule has 1 aromatic carbocycles. The van der Waals surface area contributed by atoms with Crippen LogP contribution >= 0.6 is 0 Å². The van der Waals surface area contributed by atoms with Gasteiger partial charge in [0, 0.05) is 30.4 Å². The van der Waals surface area contributed by atoms with E-state index >= 15 is 0 Å². The molecule has 128 valence electrons. The first-order chi connectivity index (χ1) is 11.3. The van der Waals surface area contributed by atoms with Gasteiger partial charge >= 0.3 is 5.97 Å². The van der Waals surface area contributed by atoms with Crippen LogP contribution in [0, 0.1) is 12.7 Å². The van der Waals surface area contributed by atoms with Gasteiger partial charge in [0.1, 0.15) is 11.4 Å². The highest BCUT2D eigenvalue weighted by Crippen LogP contribution is 2.38. The minimum atomic E-state index is -1.30. The van der Waals surface area contributed by atoms with E-state index in [9.17, 15) is 19.1 Å². The van der Waals surface area contributed by atoms with Crippen molar-refractivity contribution in [1.29, 1.82) is 0 Å². The fourth-order valence-corrected chi connectivity index (χ4v) is 2.88. The molecule has 0 aliphatic heterocycles. The molecule has 1 fully saturated rings. The number of hydrogen-bond acceptors (Lipinski definition) is 4. The molecule has 1 atom stereocenters. The van der Waals surface area contributed by atoms with Crippen LogP contribution in [0.1, 0.15) is 41.7 Å². The lowest BCUT2D eigenvalue weighted by molar-refractivity contribution is 0.0695. The minimum absolute atomic E-state index is 0.130. The third-order valence-corrected chi connectivity index (χ3v) is 4.28. The minimum Gasteiger partial charge on any atom is -0.477 e. The number of aromatic nitrogens is 1. The Morgan fingerprint density at radius 3 is 2.75 bits per heavy atom. The Morgan fingerprint density at radius 2 is 2.21 bits per heavy atom. The fraction of sp³-hybridized carbons (Fsp3) is 0.412. The first kappa shape index (κ1) is 16.4. The van der Waals surface area contributed by atoms with Crippen molar-refractivity contribution in [2.45, 2.75) is 38.8 Å². The van der Waals surface area contributed by atoms with Crippen molar-refractivity contribution in [3.05, 3.63) is 39.4 Å². The summed E-state index contributed by atoms with van der Waals surface area (Å²) >= 11 is 0. The third kappa shape index (κ3) is 2.75. The molecule has 1 saturated carbocycles. The highest BCUT2D eigenvalue weighted by atomic mass is 19.1. The summed E-state index contributed by atoms with van der Waals surface area (Å²) in [6, 6.07) is 1.57. The van der Waals surface area contributed by atoms with E-state index in [0.29, 0.717) is 12.1 Å². The molecule has 0 saturated heterocycles. The summed E-state index contributed by atoms with van der Waals surface area (Å²) in [7, 11) is 0. The Hall–Kier alpha value is -2.41. The third-order valence-electron chi connectivity index (χ3n) is 4.28. The summed E-state index contributed by atoms with van der Waals surface area (Å²) in [5, 5.41) is 12.4. The van der Waals surface area contributed by atoms with Gasteiger partial charge in [-0.05, 0) is 32.8 Å². The molecule has 0 spiro atoms. The lowest BCUT2D eigenvalue weighted by Gasteiger charge is -2.17. The van der Waals surface area contributed by atoms with Crippen LogP contribution in [-0.2, 0) is 0 Å². The first-order valence-electron chi connectivity index (χ1n) is 7.92. The summed E-state index contributed by atoms with van der Waals surface area (Å²) < 4.78 is 16.4. The Balaban J connectivity index is 2.30. The van der Waals surface area contributed by atoms with E-state index in [2.05, 4.69) is 5.32 Å². The first-order valence-corrected chi connectivity index (χ1v) is 7.92. The second-order valence-corrected chi connectivity index (χ2v) is 6.43. The number of nitrogens with zero attached hydrogens (tertiary/aromatic N) is 1. The second-order valence-electron chi connectivity index (χ2n) is 6.43. The molecule has 3 rings (SSSR count). The molecule has 1 aromatic heterocycles. The van der Waals surface area contributed by atoms with E-state index < -0.39 is 17.2 Å². The van der Waals surface area contributed by atoms with Crippen LogP contribution in [0.4, 0.5) is 10.1 Å². The maximum atomic E-state index is 14.6. The van der Waals surface area contributed by atoms with Gasteiger partial charge in [0.15, 0.2) is 0 Å². The monoisotopic (exact) mass is 333 g/mol. The van der Waals surface area contributed by atoms with Gasteiger partial charge in [-0.25, -0.2) is 9.18 Å². The van der Waals surface area contributed by atoms with Gasteiger partial charge in [0.2, 0.25) is 5.43 Å². The topological polar surface area (TPSA) is 97.3 Å². The van der Waals surface area contributed by atoms with E-state index in [4.69, 9.17) is 5.73 Å². The van der Waals surface area contributed by atoms with Crippen LogP contribution in [0.3, 0.4) is 0 Å². The maximum Gasteiger partial charge on any atom is 0.341 e. The number of anilines is 1. The number of halogens is 1. The molecular formula is C17H20FN3O3. The Morgan fingerprint density at radius 1 is 1.54 bits per heavy atom. The highest BCUT2D eigenvalue weighted by molar-refractivity contribution is 5.95. The Labute approximate surface area is 138 Å². The van der Waals surface area contributed by atoms with E-state index in [0.717, 1.165) is 12.8 Å². The number of rotatable bonds is 5. The average molecular weight is 333 g/mol. The SMILES string of the molecule is Cc1c(F)c(NCC(C)N)cc2c1c(=O)c(C(=O)O)cn2C1CC1. The van der Waals surface area contributed by atoms with Crippen LogP contribution in [-0.4, -0.2) is 28.2 Å². The molecule has 6 nitrogen and oxygen atoms in total. The summed E-state index contributed by atoms with van der Waals surface area (Å²) in [4.78, 5) is 23.9. The van der Waals surface area contributed by atoms with Crippen molar-refractivity contribution in [1.82, 2.24) is 4.57 Å². The van der Waals surface area contributed by atoms with E-state index in [1.54, 1.807) is 17.6 Å². The largest absolute Gasteiger partial charge is 0.477 e. The molecule has 1 aliphatic rings. The number of carboxylic acid groups (broad SMARTS) is 1. The molecule has 2 aromatic rings. The van der Waals surface area contributed by atoms with Crippen LogP contribution in [0.15, 0.2) is 17.1 Å². The highest BCUT2D eigenvalue weighted by Gasteiger charge is 2.28. The predicted molar refractivity (Wildman–Crippen MR) is 90.3 cm³/mol. The molecule has 4 N–H and O–H groups in total. The van der Waals surface area contributed by atoms with E-state index in [1.165, 1.54) is 13.1 Å². The molecule has 1 aliphatic carbocycles. The number of hydrogen-bond donors (Lipinski definition) is 3. The standard InChI is InChI=1S/C17H20FN3O3/c1-8(19)6-20-12-5-13-14(9(2)15(12)18)16(22)11(17(23)24)7-21(13)10-3-4-10/h5,7-8,10,20H,3-4,6,19H2,1-2H3,(H,23,24). The number of nitrogens with two attached hydrogens (primary N) is 1. The quantitative estimate of drug-likeness (QED) is 0.779. The van der Waals surface area contributed by atoms with Crippen molar-refractivity contribution in [2.75, 3.05) is 11.9 Å². The summed E-state index contributed by atoms with van der Waals surface area (Å²) in [5.74, 6) is -1.85. The van der Waals surface area contributed by atoms with Crippen molar-refractivity contribution in [3.8, 4) is 0 Å². The van der Waals surface area contributed by atoms with Gasteiger partial charge < -0.3 is 20.7 Å². The number of fused-ring (bicyclic) bond motifs is 1. The summed E-state index contributed by atoms with van der Waals surface area (Å²) in [6.45, 7) is 3.69. The molecule has 1 heterocycles. The van der Waals surface area contributed by atoms with Gasteiger partial charge in [-0.2, -0.15) is 0 Å². The zero-order valence-electron chi connectivity index (χ0n) is 13.6. The van der Waals surface area contributed by atoms with Crippen LogP contribution in [0.2, 0.25) is 0 Å². The lowest BCUT2D eigenvalue weighted by Crippen LogP contribution is -2.26. The van der Waals surface area contributed by atoms with Gasteiger partial charge in [-0.15, -0.1) is 0 Å². The molecule has 24 heavy (non-hydrogen) atoms. The van der Waals surface area contributed by atoms with Crippen LogP contribution < -0.4 is 16.5 Å². The van der Waals surface area contributed by atoms with Crippen LogP contribution in [0.25, 0.3) is 10.9 Å². The fourth-order valence-electron chi connectivity index (χ4n) is 2.88. The maximum absolute atomic E-state index is 14.6.